The van der Waals surface area contributed by atoms with E-state index in [1.807, 2.05) is 66.2 Å². The molecule has 0 aliphatic carbocycles. The molecule has 1 N–H and O–H groups in total. The highest BCUT2D eigenvalue weighted by Gasteiger charge is 2.13. The van der Waals surface area contributed by atoms with Gasteiger partial charge in [0.1, 0.15) is 17.6 Å². The number of benzene rings is 2. The van der Waals surface area contributed by atoms with Crippen molar-refractivity contribution in [3.63, 3.8) is 0 Å². The SMILES string of the molecule is COc1ccccc1C(C)Oc1ccc2ccn(CCO)c2c1. The zero-order chi connectivity index (χ0) is 16.2. The van der Waals surface area contributed by atoms with Crippen molar-refractivity contribution in [1.82, 2.24) is 4.57 Å². The topological polar surface area (TPSA) is 43.6 Å². The number of methoxy groups -OCH3 is 1. The Bertz CT molecular complexity index is 794. The molecule has 0 radical (unpaired) electrons. The average Bonchev–Trinajstić information content (AvgIpc) is 2.97. The van der Waals surface area contributed by atoms with E-state index in [4.69, 9.17) is 14.6 Å². The standard InChI is InChI=1S/C19H21NO3/c1-14(17-5-3-4-6-19(17)22-2)23-16-8-7-15-9-10-20(11-12-21)18(15)13-16/h3-10,13-14,21H,11-12H2,1-2H3. The zero-order valence-electron chi connectivity index (χ0n) is 13.4. The van der Waals surface area contributed by atoms with Gasteiger partial charge in [-0.3, -0.25) is 0 Å². The van der Waals surface area contributed by atoms with Gasteiger partial charge in [-0.15, -0.1) is 0 Å². The number of aliphatic hydroxyl groups is 1. The molecule has 0 fully saturated rings. The van der Waals surface area contributed by atoms with Crippen molar-refractivity contribution in [2.75, 3.05) is 13.7 Å². The number of aromatic nitrogens is 1. The van der Waals surface area contributed by atoms with Crippen molar-refractivity contribution in [2.45, 2.75) is 19.6 Å². The van der Waals surface area contributed by atoms with Crippen molar-refractivity contribution in [3.05, 3.63) is 60.3 Å². The van der Waals surface area contributed by atoms with Crippen LogP contribution in [0.25, 0.3) is 10.9 Å². The Kier molecular flexibility index (Phi) is 4.53. The monoisotopic (exact) mass is 311 g/mol. The highest BCUT2D eigenvalue weighted by atomic mass is 16.5. The maximum absolute atomic E-state index is 9.15. The second kappa shape index (κ2) is 6.75. The van der Waals surface area contributed by atoms with Gasteiger partial charge in [0.15, 0.2) is 0 Å². The summed E-state index contributed by atoms with van der Waals surface area (Å²) >= 11 is 0. The van der Waals surface area contributed by atoms with Crippen molar-refractivity contribution < 1.29 is 14.6 Å². The molecule has 4 heteroatoms. The number of rotatable bonds is 6. The lowest BCUT2D eigenvalue weighted by Gasteiger charge is -2.18. The summed E-state index contributed by atoms with van der Waals surface area (Å²) < 4.78 is 13.5. The molecular weight excluding hydrogens is 290 g/mol. The van der Waals surface area contributed by atoms with Crippen LogP contribution in [0.15, 0.2) is 54.7 Å². The second-order valence-electron chi connectivity index (χ2n) is 5.46. The average molecular weight is 311 g/mol. The quantitative estimate of drug-likeness (QED) is 0.753. The molecule has 23 heavy (non-hydrogen) atoms. The van der Waals surface area contributed by atoms with Gasteiger partial charge in [-0.1, -0.05) is 18.2 Å². The number of hydrogen-bond acceptors (Lipinski definition) is 3. The van der Waals surface area contributed by atoms with Crippen LogP contribution in [0.3, 0.4) is 0 Å². The van der Waals surface area contributed by atoms with Gasteiger partial charge in [-0.2, -0.15) is 0 Å². The first-order chi connectivity index (χ1) is 11.2. The molecule has 120 valence electrons. The third-order valence-electron chi connectivity index (χ3n) is 3.98. The van der Waals surface area contributed by atoms with Crippen molar-refractivity contribution in [1.29, 1.82) is 0 Å². The Labute approximate surface area is 135 Å². The molecule has 0 aliphatic rings. The van der Waals surface area contributed by atoms with E-state index < -0.39 is 0 Å². The first kappa shape index (κ1) is 15.4. The molecule has 1 atom stereocenters. The molecule has 1 aromatic heterocycles. The smallest absolute Gasteiger partial charge is 0.125 e. The fourth-order valence-corrected chi connectivity index (χ4v) is 2.81. The molecule has 0 aliphatic heterocycles. The molecule has 0 saturated heterocycles. The predicted molar refractivity (Wildman–Crippen MR) is 91.1 cm³/mol. The predicted octanol–water partition coefficient (Wildman–Crippen LogP) is 3.78. The highest BCUT2D eigenvalue weighted by Crippen LogP contribution is 2.30. The second-order valence-corrected chi connectivity index (χ2v) is 5.46. The Morgan fingerprint density at radius 3 is 2.74 bits per heavy atom. The molecule has 1 heterocycles. The fraction of sp³-hybridized carbons (Fsp3) is 0.263. The molecule has 0 spiro atoms. The molecule has 0 amide bonds. The Hall–Kier alpha value is -2.46. The number of para-hydroxylation sites is 1. The van der Waals surface area contributed by atoms with Crippen molar-refractivity contribution in [2.24, 2.45) is 0 Å². The number of hydrogen-bond donors (Lipinski definition) is 1. The summed E-state index contributed by atoms with van der Waals surface area (Å²) in [7, 11) is 1.67. The first-order valence-electron chi connectivity index (χ1n) is 7.72. The lowest BCUT2D eigenvalue weighted by molar-refractivity contribution is 0.221. The molecular formula is C19H21NO3. The lowest BCUT2D eigenvalue weighted by atomic mass is 10.1. The van der Waals surface area contributed by atoms with E-state index >= 15 is 0 Å². The van der Waals surface area contributed by atoms with Crippen LogP contribution < -0.4 is 9.47 Å². The molecule has 0 saturated carbocycles. The van der Waals surface area contributed by atoms with Gasteiger partial charge in [0, 0.05) is 24.4 Å². The maximum atomic E-state index is 9.15. The summed E-state index contributed by atoms with van der Waals surface area (Å²) in [5.41, 5.74) is 2.07. The summed E-state index contributed by atoms with van der Waals surface area (Å²) in [5, 5.41) is 10.3. The normalized spacial score (nSPS) is 12.3. The minimum absolute atomic E-state index is 0.118. The van der Waals surface area contributed by atoms with Gasteiger partial charge in [0.25, 0.3) is 0 Å². The maximum Gasteiger partial charge on any atom is 0.125 e. The Morgan fingerprint density at radius 1 is 1.13 bits per heavy atom. The third-order valence-corrected chi connectivity index (χ3v) is 3.98. The van der Waals surface area contributed by atoms with E-state index in [1.54, 1.807) is 7.11 Å². The van der Waals surface area contributed by atoms with Crippen LogP contribution in [0.5, 0.6) is 11.5 Å². The van der Waals surface area contributed by atoms with Gasteiger partial charge in [-0.05, 0) is 36.6 Å². The first-order valence-corrected chi connectivity index (χ1v) is 7.72. The van der Waals surface area contributed by atoms with Crippen LogP contribution in [-0.2, 0) is 6.54 Å². The molecule has 1 unspecified atom stereocenters. The minimum atomic E-state index is -0.121. The Morgan fingerprint density at radius 2 is 1.96 bits per heavy atom. The van der Waals surface area contributed by atoms with Gasteiger partial charge in [0.05, 0.1) is 19.2 Å². The molecule has 4 nitrogen and oxygen atoms in total. The molecule has 3 aromatic rings. The summed E-state index contributed by atoms with van der Waals surface area (Å²) in [4.78, 5) is 0. The van der Waals surface area contributed by atoms with Crippen molar-refractivity contribution >= 4 is 10.9 Å². The minimum Gasteiger partial charge on any atom is -0.496 e. The number of ether oxygens (including phenoxy) is 2. The number of fused-ring (bicyclic) bond motifs is 1. The van der Waals surface area contributed by atoms with E-state index in [2.05, 4.69) is 0 Å². The van der Waals surface area contributed by atoms with E-state index in [-0.39, 0.29) is 12.7 Å². The molecule has 3 rings (SSSR count). The van der Waals surface area contributed by atoms with Crippen LogP contribution in [-0.4, -0.2) is 23.4 Å². The Balaban J connectivity index is 1.87. The van der Waals surface area contributed by atoms with E-state index in [9.17, 15) is 0 Å². The summed E-state index contributed by atoms with van der Waals surface area (Å²) in [6.45, 7) is 2.70. The van der Waals surface area contributed by atoms with E-state index in [1.165, 1.54) is 0 Å². The largest absolute Gasteiger partial charge is 0.496 e. The van der Waals surface area contributed by atoms with E-state index in [0.717, 1.165) is 28.0 Å². The van der Waals surface area contributed by atoms with Gasteiger partial charge < -0.3 is 19.1 Å². The van der Waals surface area contributed by atoms with Gasteiger partial charge in [0.2, 0.25) is 0 Å². The van der Waals surface area contributed by atoms with Gasteiger partial charge in [-0.25, -0.2) is 0 Å². The highest BCUT2D eigenvalue weighted by molar-refractivity contribution is 5.81. The van der Waals surface area contributed by atoms with Crippen LogP contribution >= 0.6 is 0 Å². The molecule has 2 aromatic carbocycles. The zero-order valence-corrected chi connectivity index (χ0v) is 13.4. The lowest BCUT2D eigenvalue weighted by Crippen LogP contribution is -2.05. The van der Waals surface area contributed by atoms with Crippen molar-refractivity contribution in [3.8, 4) is 11.5 Å². The van der Waals surface area contributed by atoms with Crippen LogP contribution in [0.1, 0.15) is 18.6 Å². The third kappa shape index (κ3) is 3.17. The van der Waals surface area contributed by atoms with Crippen LogP contribution in [0.2, 0.25) is 0 Å². The van der Waals surface area contributed by atoms with E-state index in [0.29, 0.717) is 6.54 Å². The van der Waals surface area contributed by atoms with Crippen LogP contribution in [0, 0.1) is 0 Å². The number of nitrogens with zero attached hydrogens (tertiary/aromatic N) is 1. The molecule has 0 bridgehead atoms. The van der Waals surface area contributed by atoms with Gasteiger partial charge >= 0.3 is 0 Å². The summed E-state index contributed by atoms with van der Waals surface area (Å²) in [5.74, 6) is 1.62. The summed E-state index contributed by atoms with van der Waals surface area (Å²) in [6.07, 6.45) is 1.86. The number of aliphatic hydroxyl groups excluding tert-OH is 1. The fourth-order valence-electron chi connectivity index (χ4n) is 2.81. The van der Waals surface area contributed by atoms with Crippen LogP contribution in [0.4, 0.5) is 0 Å². The summed E-state index contributed by atoms with van der Waals surface area (Å²) in [6, 6.07) is 15.9.